The normalized spacial score (nSPS) is 12.1. The van der Waals surface area contributed by atoms with Crippen LogP contribution in [-0.4, -0.2) is 24.6 Å². The van der Waals surface area contributed by atoms with Gasteiger partial charge in [-0.15, -0.1) is 0 Å². The standard InChI is InChI=1S/C46H50N4S2/c1-4-39(33-37(2)49-35-43-11-7-5-8-12-43)15-16-40-19-23-45(24-20-40)47-28-31-51-52-32-29-48-46-25-21-41(22-26-46)17-18-42-27-30-50(38(3)34-42)36-44-13-9-6-10-14-44/h4-27,30,33-34,47,49H,28-29,31-32,35-36H2,1-3H3/p+2. The molecule has 5 aromatic rings. The Bertz CT molecular complexity index is 1910. The highest BCUT2D eigenvalue weighted by atomic mass is 33.1. The second-order valence-electron chi connectivity index (χ2n) is 12.7. The Morgan fingerprint density at radius 2 is 1.23 bits per heavy atom. The fourth-order valence-electron chi connectivity index (χ4n) is 5.57. The van der Waals surface area contributed by atoms with E-state index in [4.69, 9.17) is 0 Å². The first-order valence-electron chi connectivity index (χ1n) is 18.1. The number of rotatable bonds is 19. The fraction of sp³-hybridized carbons (Fsp3) is 0.196. The van der Waals surface area contributed by atoms with Crippen molar-refractivity contribution in [2.24, 2.45) is 0 Å². The number of nitrogens with one attached hydrogen (secondary N) is 2. The largest absolute Gasteiger partial charge is 0.384 e. The molecule has 0 bridgehead atoms. The van der Waals surface area contributed by atoms with Gasteiger partial charge in [0.1, 0.15) is 12.2 Å². The van der Waals surface area contributed by atoms with Crippen LogP contribution < -0.4 is 20.5 Å². The van der Waals surface area contributed by atoms with E-state index in [1.54, 1.807) is 0 Å². The van der Waals surface area contributed by atoms with E-state index in [1.165, 1.54) is 44.8 Å². The first-order valence-corrected chi connectivity index (χ1v) is 20.6. The average molecular weight is 725 g/mol. The van der Waals surface area contributed by atoms with Gasteiger partial charge in [-0.3, -0.25) is 0 Å². The molecule has 0 saturated heterocycles. The number of aromatic nitrogens is 1. The second-order valence-corrected chi connectivity index (χ2v) is 15.4. The minimum Gasteiger partial charge on any atom is -0.384 e. The van der Waals surface area contributed by atoms with Crippen molar-refractivity contribution >= 4 is 51.2 Å². The average Bonchev–Trinajstić information content (AvgIpc) is 3.18. The summed E-state index contributed by atoms with van der Waals surface area (Å²) in [6.07, 6.45) is 15.3. The van der Waals surface area contributed by atoms with Crippen LogP contribution in [0.2, 0.25) is 0 Å². The molecule has 0 radical (unpaired) electrons. The molecule has 0 amide bonds. The molecule has 0 atom stereocenters. The van der Waals surface area contributed by atoms with Crippen LogP contribution in [0, 0.1) is 6.92 Å². The molecule has 4 N–H and O–H groups in total. The van der Waals surface area contributed by atoms with E-state index < -0.39 is 0 Å². The van der Waals surface area contributed by atoms with Crippen molar-refractivity contribution < 1.29 is 9.88 Å². The summed E-state index contributed by atoms with van der Waals surface area (Å²) in [5, 5.41) is 9.39. The molecule has 1 heterocycles. The molecule has 0 saturated carbocycles. The van der Waals surface area contributed by atoms with Gasteiger partial charge in [-0.1, -0.05) is 137 Å². The lowest BCUT2D eigenvalue weighted by Crippen LogP contribution is -2.79. The van der Waals surface area contributed by atoms with Gasteiger partial charge >= 0.3 is 0 Å². The van der Waals surface area contributed by atoms with Crippen LogP contribution in [0.4, 0.5) is 11.4 Å². The van der Waals surface area contributed by atoms with Crippen molar-refractivity contribution in [2.45, 2.75) is 33.9 Å². The monoisotopic (exact) mass is 724 g/mol. The summed E-state index contributed by atoms with van der Waals surface area (Å²) in [5.41, 5.74) is 12.3. The highest BCUT2D eigenvalue weighted by molar-refractivity contribution is 8.76. The Kier molecular flexibility index (Phi) is 16.0. The summed E-state index contributed by atoms with van der Waals surface area (Å²) in [4.78, 5) is 0. The molecule has 0 aliphatic carbocycles. The number of allylic oxidation sites excluding steroid dienone is 5. The third-order valence-corrected chi connectivity index (χ3v) is 11.0. The number of aryl methyl sites for hydroxylation is 1. The van der Waals surface area contributed by atoms with Crippen molar-refractivity contribution in [3.05, 3.63) is 191 Å². The highest BCUT2D eigenvalue weighted by Gasteiger charge is 2.07. The summed E-state index contributed by atoms with van der Waals surface area (Å²) < 4.78 is 2.29. The molecule has 0 fully saturated rings. The van der Waals surface area contributed by atoms with Crippen LogP contribution in [0.5, 0.6) is 0 Å². The number of nitrogens with two attached hydrogens (primary N) is 1. The number of pyridine rings is 1. The predicted octanol–water partition coefficient (Wildman–Crippen LogP) is 10.0. The van der Waals surface area contributed by atoms with Gasteiger partial charge in [0, 0.05) is 79.2 Å². The van der Waals surface area contributed by atoms with Crippen molar-refractivity contribution in [2.75, 3.05) is 35.2 Å². The van der Waals surface area contributed by atoms with Gasteiger partial charge in [0.2, 0.25) is 0 Å². The minimum absolute atomic E-state index is 0.889. The van der Waals surface area contributed by atoms with Crippen LogP contribution in [0.15, 0.2) is 157 Å². The van der Waals surface area contributed by atoms with Gasteiger partial charge in [-0.25, -0.2) is 0 Å². The molecule has 0 unspecified atom stereocenters. The molecule has 266 valence electrons. The zero-order valence-corrected chi connectivity index (χ0v) is 32.3. The molecule has 0 aliphatic heterocycles. The molecule has 52 heavy (non-hydrogen) atoms. The lowest BCUT2D eigenvalue weighted by molar-refractivity contribution is -0.694. The van der Waals surface area contributed by atoms with Crippen molar-refractivity contribution in [3.63, 3.8) is 0 Å². The van der Waals surface area contributed by atoms with E-state index in [1.807, 2.05) is 21.6 Å². The van der Waals surface area contributed by atoms with Crippen LogP contribution in [0.3, 0.4) is 0 Å². The van der Waals surface area contributed by atoms with Crippen molar-refractivity contribution in [3.8, 4) is 0 Å². The SMILES string of the molecule is CC=C(C=Cc1ccc(NCCSSCCNc2ccc(C=Cc3cc[n+](Cc4ccccc4)c(C)c3)cc2)cc1)C=C(C)[NH2+]Cc1ccccc1. The van der Waals surface area contributed by atoms with Crippen LogP contribution in [0.1, 0.15) is 47.4 Å². The first-order chi connectivity index (χ1) is 25.5. The Morgan fingerprint density at radius 1 is 0.673 bits per heavy atom. The predicted molar refractivity (Wildman–Crippen MR) is 229 cm³/mol. The van der Waals surface area contributed by atoms with Gasteiger partial charge in [0.15, 0.2) is 18.4 Å². The molecule has 0 spiro atoms. The maximum atomic E-state index is 3.55. The molecular formula is C46H52N4S2+2. The van der Waals surface area contributed by atoms with E-state index in [0.29, 0.717) is 0 Å². The Balaban J connectivity index is 0.930. The number of benzene rings is 4. The number of nitrogens with zero attached hydrogens (tertiary/aromatic N) is 1. The fourth-order valence-corrected chi connectivity index (χ4v) is 7.38. The Morgan fingerprint density at radius 3 is 1.81 bits per heavy atom. The topological polar surface area (TPSA) is 44.5 Å². The van der Waals surface area contributed by atoms with Crippen LogP contribution >= 0.6 is 21.6 Å². The Labute approximate surface area is 319 Å². The first kappa shape index (κ1) is 38.5. The van der Waals surface area contributed by atoms with Crippen molar-refractivity contribution in [1.82, 2.24) is 0 Å². The van der Waals surface area contributed by atoms with E-state index in [-0.39, 0.29) is 0 Å². The molecule has 5 rings (SSSR count). The summed E-state index contributed by atoms with van der Waals surface area (Å²) in [5.74, 6) is 2.11. The van der Waals surface area contributed by atoms with Gasteiger partial charge < -0.3 is 16.0 Å². The minimum atomic E-state index is 0.889. The van der Waals surface area contributed by atoms with Gasteiger partial charge in [-0.2, -0.15) is 4.57 Å². The summed E-state index contributed by atoms with van der Waals surface area (Å²) in [7, 11) is 3.84. The zero-order chi connectivity index (χ0) is 36.2. The third kappa shape index (κ3) is 13.8. The second kappa shape index (κ2) is 21.6. The molecular weight excluding hydrogens is 673 g/mol. The summed E-state index contributed by atoms with van der Waals surface area (Å²) in [6, 6.07) is 43.0. The number of anilines is 2. The molecule has 0 aliphatic rings. The summed E-state index contributed by atoms with van der Waals surface area (Å²) >= 11 is 0. The van der Waals surface area contributed by atoms with Crippen LogP contribution in [0.25, 0.3) is 18.2 Å². The molecule has 6 heteroatoms. The maximum absolute atomic E-state index is 3.55. The number of hydrogen-bond acceptors (Lipinski definition) is 4. The number of quaternary nitrogens is 1. The van der Waals surface area contributed by atoms with E-state index >= 15 is 0 Å². The van der Waals surface area contributed by atoms with Crippen molar-refractivity contribution in [1.29, 1.82) is 0 Å². The lowest BCUT2D eigenvalue weighted by atomic mass is 10.1. The molecule has 4 aromatic carbocycles. The number of hydrogen-bond donors (Lipinski definition) is 3. The van der Waals surface area contributed by atoms with Crippen LogP contribution in [-0.2, 0) is 13.1 Å². The van der Waals surface area contributed by atoms with Gasteiger partial charge in [0.25, 0.3) is 0 Å². The summed E-state index contributed by atoms with van der Waals surface area (Å²) in [6.45, 7) is 10.2. The highest BCUT2D eigenvalue weighted by Crippen LogP contribution is 2.21. The Hall–Kier alpha value is -4.75. The zero-order valence-electron chi connectivity index (χ0n) is 30.7. The third-order valence-electron chi connectivity index (χ3n) is 8.57. The molecule has 1 aromatic heterocycles. The van der Waals surface area contributed by atoms with Gasteiger partial charge in [-0.05, 0) is 53.5 Å². The van der Waals surface area contributed by atoms with E-state index in [2.05, 4.69) is 205 Å². The van der Waals surface area contributed by atoms with E-state index in [9.17, 15) is 0 Å². The smallest absolute Gasteiger partial charge is 0.179 e. The maximum Gasteiger partial charge on any atom is 0.179 e. The quantitative estimate of drug-likeness (QED) is 0.0344. The van der Waals surface area contributed by atoms with Gasteiger partial charge in [0.05, 0.1) is 0 Å². The van der Waals surface area contributed by atoms with E-state index in [0.717, 1.165) is 49.1 Å². The lowest BCUT2D eigenvalue weighted by Gasteiger charge is -2.08. The molecule has 4 nitrogen and oxygen atoms in total.